The maximum atomic E-state index is 13.3. The van der Waals surface area contributed by atoms with E-state index in [9.17, 15) is 9.18 Å². The number of nitrogens with one attached hydrogen (secondary N) is 1. The van der Waals surface area contributed by atoms with Gasteiger partial charge in [-0.3, -0.25) is 4.79 Å². The number of carbonyl (C=O) groups excluding carboxylic acids is 1. The molecule has 0 saturated carbocycles. The van der Waals surface area contributed by atoms with Gasteiger partial charge in [0.2, 0.25) is 0 Å². The predicted octanol–water partition coefficient (Wildman–Crippen LogP) is 1.23. The summed E-state index contributed by atoms with van der Waals surface area (Å²) >= 11 is 0. The standard InChI is InChI=1S/C13H15FN2O3/c1-9(13(17)16-5-6-18-2)19-11-4-3-10(8-15)12(14)7-11/h3-4,7,9H,5-6H2,1-2H3,(H,16,17). The molecule has 1 aromatic carbocycles. The monoisotopic (exact) mass is 266 g/mol. The second kappa shape index (κ2) is 7.34. The first-order chi connectivity index (χ1) is 9.08. The highest BCUT2D eigenvalue weighted by molar-refractivity contribution is 5.80. The first-order valence-corrected chi connectivity index (χ1v) is 5.71. The number of amides is 1. The first kappa shape index (κ1) is 14.9. The van der Waals surface area contributed by atoms with Crippen LogP contribution in [0.5, 0.6) is 5.75 Å². The van der Waals surface area contributed by atoms with Crippen molar-refractivity contribution < 1.29 is 18.7 Å². The van der Waals surface area contributed by atoms with Gasteiger partial charge in [-0.2, -0.15) is 5.26 Å². The molecule has 0 aliphatic heterocycles. The Bertz CT molecular complexity index is 485. The number of hydrogen-bond donors (Lipinski definition) is 1. The van der Waals surface area contributed by atoms with Crippen LogP contribution in [0.4, 0.5) is 4.39 Å². The predicted molar refractivity (Wildman–Crippen MR) is 66.1 cm³/mol. The number of methoxy groups -OCH3 is 1. The molecule has 1 rings (SSSR count). The van der Waals surface area contributed by atoms with Crippen molar-refractivity contribution in [3.05, 3.63) is 29.6 Å². The fourth-order valence-electron chi connectivity index (χ4n) is 1.34. The van der Waals surface area contributed by atoms with Gasteiger partial charge >= 0.3 is 0 Å². The van der Waals surface area contributed by atoms with Gasteiger partial charge in [0.1, 0.15) is 17.6 Å². The van der Waals surface area contributed by atoms with Crippen molar-refractivity contribution >= 4 is 5.91 Å². The van der Waals surface area contributed by atoms with Gasteiger partial charge < -0.3 is 14.8 Å². The third-order valence-electron chi connectivity index (χ3n) is 2.35. The number of carbonyl (C=O) groups is 1. The number of ether oxygens (including phenoxy) is 2. The minimum Gasteiger partial charge on any atom is -0.481 e. The number of hydrogen-bond acceptors (Lipinski definition) is 4. The first-order valence-electron chi connectivity index (χ1n) is 5.71. The summed E-state index contributed by atoms with van der Waals surface area (Å²) in [4.78, 5) is 11.6. The summed E-state index contributed by atoms with van der Waals surface area (Å²) in [5, 5.41) is 11.2. The summed E-state index contributed by atoms with van der Waals surface area (Å²) in [6.45, 7) is 2.34. The molecule has 0 radical (unpaired) electrons. The number of halogens is 1. The molecule has 0 aliphatic carbocycles. The van der Waals surface area contributed by atoms with Gasteiger partial charge in [0, 0.05) is 19.7 Å². The molecule has 1 atom stereocenters. The zero-order valence-electron chi connectivity index (χ0n) is 10.8. The van der Waals surface area contributed by atoms with E-state index in [2.05, 4.69) is 5.32 Å². The Morgan fingerprint density at radius 1 is 1.58 bits per heavy atom. The van der Waals surface area contributed by atoms with E-state index in [1.54, 1.807) is 13.0 Å². The minimum absolute atomic E-state index is 0.0652. The SMILES string of the molecule is COCCNC(=O)C(C)Oc1ccc(C#N)c(F)c1. The average Bonchev–Trinajstić information content (AvgIpc) is 2.39. The third kappa shape index (κ3) is 4.56. The molecule has 0 aromatic heterocycles. The van der Waals surface area contributed by atoms with Crippen LogP contribution in [0.1, 0.15) is 12.5 Å². The molecule has 1 unspecified atom stereocenters. The molecule has 1 N–H and O–H groups in total. The van der Waals surface area contributed by atoms with E-state index in [-0.39, 0.29) is 17.2 Å². The molecule has 6 heteroatoms. The lowest BCUT2D eigenvalue weighted by atomic mass is 10.2. The van der Waals surface area contributed by atoms with E-state index in [0.717, 1.165) is 6.07 Å². The lowest BCUT2D eigenvalue weighted by Gasteiger charge is -2.14. The van der Waals surface area contributed by atoms with Crippen LogP contribution >= 0.6 is 0 Å². The molecule has 1 amide bonds. The van der Waals surface area contributed by atoms with Crippen LogP contribution in [0.15, 0.2) is 18.2 Å². The van der Waals surface area contributed by atoms with E-state index in [1.807, 2.05) is 0 Å². The van der Waals surface area contributed by atoms with Crippen LogP contribution in [0.25, 0.3) is 0 Å². The lowest BCUT2D eigenvalue weighted by Crippen LogP contribution is -2.37. The van der Waals surface area contributed by atoms with E-state index < -0.39 is 11.9 Å². The Hall–Kier alpha value is -2.13. The summed E-state index contributed by atoms with van der Waals surface area (Å²) in [5.74, 6) is -0.792. The zero-order chi connectivity index (χ0) is 14.3. The van der Waals surface area contributed by atoms with Crippen molar-refractivity contribution in [2.75, 3.05) is 20.3 Å². The summed E-state index contributed by atoms with van der Waals surface area (Å²) < 4.78 is 23.4. The molecule has 19 heavy (non-hydrogen) atoms. The number of nitrogens with zero attached hydrogens (tertiary/aromatic N) is 1. The Morgan fingerprint density at radius 2 is 2.32 bits per heavy atom. The highest BCUT2D eigenvalue weighted by Gasteiger charge is 2.14. The summed E-state index contributed by atoms with van der Waals surface area (Å²) in [6.07, 6.45) is -0.760. The lowest BCUT2D eigenvalue weighted by molar-refractivity contribution is -0.127. The third-order valence-corrected chi connectivity index (χ3v) is 2.35. The molecule has 0 fully saturated rings. The number of nitriles is 1. The quantitative estimate of drug-likeness (QED) is 0.786. The van der Waals surface area contributed by atoms with Gasteiger partial charge in [0.05, 0.1) is 12.2 Å². The van der Waals surface area contributed by atoms with Crippen molar-refractivity contribution in [1.29, 1.82) is 5.26 Å². The summed E-state index contributed by atoms with van der Waals surface area (Å²) in [7, 11) is 1.53. The molecular formula is C13H15FN2O3. The fourth-order valence-corrected chi connectivity index (χ4v) is 1.34. The molecule has 0 bridgehead atoms. The molecule has 102 valence electrons. The largest absolute Gasteiger partial charge is 0.481 e. The molecule has 0 saturated heterocycles. The second-order valence-corrected chi connectivity index (χ2v) is 3.80. The molecule has 0 heterocycles. The minimum atomic E-state index is -0.760. The van der Waals surface area contributed by atoms with Gasteiger partial charge in [0.25, 0.3) is 5.91 Å². The Morgan fingerprint density at radius 3 is 2.89 bits per heavy atom. The molecular weight excluding hydrogens is 251 g/mol. The van der Waals surface area contributed by atoms with Crippen molar-refractivity contribution in [2.24, 2.45) is 0 Å². The summed E-state index contributed by atoms with van der Waals surface area (Å²) in [6, 6.07) is 5.54. The van der Waals surface area contributed by atoms with Crippen LogP contribution in [0.3, 0.4) is 0 Å². The van der Waals surface area contributed by atoms with Crippen LogP contribution in [0, 0.1) is 17.1 Å². The van der Waals surface area contributed by atoms with Gasteiger partial charge in [0.15, 0.2) is 6.10 Å². The Balaban J connectivity index is 2.57. The van der Waals surface area contributed by atoms with E-state index >= 15 is 0 Å². The second-order valence-electron chi connectivity index (χ2n) is 3.80. The van der Waals surface area contributed by atoms with Crippen molar-refractivity contribution in [2.45, 2.75) is 13.0 Å². The molecule has 1 aromatic rings. The van der Waals surface area contributed by atoms with Gasteiger partial charge in [-0.15, -0.1) is 0 Å². The van der Waals surface area contributed by atoms with Crippen molar-refractivity contribution in [3.63, 3.8) is 0 Å². The Labute approximate surface area is 110 Å². The highest BCUT2D eigenvalue weighted by Crippen LogP contribution is 2.17. The van der Waals surface area contributed by atoms with Crippen LogP contribution < -0.4 is 10.1 Å². The van der Waals surface area contributed by atoms with Crippen molar-refractivity contribution in [1.82, 2.24) is 5.32 Å². The molecule has 0 spiro atoms. The maximum Gasteiger partial charge on any atom is 0.260 e. The highest BCUT2D eigenvalue weighted by atomic mass is 19.1. The Kier molecular flexibility index (Phi) is 5.76. The topological polar surface area (TPSA) is 71.3 Å². The smallest absolute Gasteiger partial charge is 0.260 e. The van der Waals surface area contributed by atoms with Crippen molar-refractivity contribution in [3.8, 4) is 11.8 Å². The van der Waals surface area contributed by atoms with E-state index in [1.165, 1.54) is 19.2 Å². The zero-order valence-corrected chi connectivity index (χ0v) is 10.8. The van der Waals surface area contributed by atoms with Gasteiger partial charge in [-0.1, -0.05) is 0 Å². The molecule has 5 nitrogen and oxygen atoms in total. The van der Waals surface area contributed by atoms with Crippen LogP contribution in [-0.4, -0.2) is 32.3 Å². The van der Waals surface area contributed by atoms with Gasteiger partial charge in [-0.25, -0.2) is 4.39 Å². The number of benzene rings is 1. The average molecular weight is 266 g/mol. The van der Waals surface area contributed by atoms with E-state index in [0.29, 0.717) is 13.2 Å². The van der Waals surface area contributed by atoms with Gasteiger partial charge in [-0.05, 0) is 19.1 Å². The number of rotatable bonds is 6. The van der Waals surface area contributed by atoms with Crippen LogP contribution in [-0.2, 0) is 9.53 Å². The van der Waals surface area contributed by atoms with Crippen LogP contribution in [0.2, 0.25) is 0 Å². The molecule has 0 aliphatic rings. The van der Waals surface area contributed by atoms with E-state index in [4.69, 9.17) is 14.7 Å². The fraction of sp³-hybridized carbons (Fsp3) is 0.385. The normalized spacial score (nSPS) is 11.5. The summed E-state index contributed by atoms with van der Waals surface area (Å²) in [5.41, 5.74) is -0.0652. The maximum absolute atomic E-state index is 13.3.